The van der Waals surface area contributed by atoms with Crippen LogP contribution < -0.4 is 10.5 Å². The van der Waals surface area contributed by atoms with Gasteiger partial charge in [0.2, 0.25) is 0 Å². The van der Waals surface area contributed by atoms with Gasteiger partial charge in [-0.05, 0) is 42.3 Å². The van der Waals surface area contributed by atoms with Gasteiger partial charge in [-0.25, -0.2) is 0 Å². The maximum absolute atomic E-state index is 6.16. The molecule has 20 heavy (non-hydrogen) atoms. The minimum absolute atomic E-state index is 0.135. The average Bonchev–Trinajstić information content (AvgIpc) is 2.46. The Kier molecular flexibility index (Phi) is 5.24. The van der Waals surface area contributed by atoms with E-state index in [1.807, 2.05) is 19.1 Å². The van der Waals surface area contributed by atoms with Gasteiger partial charge in [-0.3, -0.25) is 4.98 Å². The van der Waals surface area contributed by atoms with Crippen molar-refractivity contribution < 1.29 is 4.74 Å². The number of aromatic nitrogens is 1. The molecule has 0 saturated carbocycles. The molecule has 2 atom stereocenters. The molecule has 0 bridgehead atoms. The summed E-state index contributed by atoms with van der Waals surface area (Å²) in [5, 5.41) is 1.04. The van der Waals surface area contributed by atoms with Gasteiger partial charge < -0.3 is 10.5 Å². The summed E-state index contributed by atoms with van der Waals surface area (Å²) in [7, 11) is 0. The van der Waals surface area contributed by atoms with Crippen molar-refractivity contribution in [2.24, 2.45) is 5.73 Å². The van der Waals surface area contributed by atoms with Crippen LogP contribution in [0, 0.1) is 0 Å². The van der Waals surface area contributed by atoms with Gasteiger partial charge in [-0.15, -0.1) is 0 Å². The maximum Gasteiger partial charge on any atom is 0.139 e. The molecular formula is C15H16Cl2N2O. The Morgan fingerprint density at radius 1 is 1.20 bits per heavy atom. The van der Waals surface area contributed by atoms with E-state index in [4.69, 9.17) is 33.7 Å². The highest BCUT2D eigenvalue weighted by atomic mass is 35.5. The number of benzene rings is 1. The second-order valence-electron chi connectivity index (χ2n) is 4.47. The lowest BCUT2D eigenvalue weighted by Crippen LogP contribution is -2.31. The Hall–Kier alpha value is -1.29. The van der Waals surface area contributed by atoms with E-state index in [-0.39, 0.29) is 12.1 Å². The van der Waals surface area contributed by atoms with E-state index in [9.17, 15) is 0 Å². The van der Waals surface area contributed by atoms with Crippen LogP contribution in [0.25, 0.3) is 0 Å². The van der Waals surface area contributed by atoms with Crippen LogP contribution in [-0.4, -0.2) is 11.0 Å². The van der Waals surface area contributed by atoms with Crippen molar-refractivity contribution in [1.29, 1.82) is 0 Å². The van der Waals surface area contributed by atoms with Gasteiger partial charge >= 0.3 is 0 Å². The molecule has 0 aliphatic heterocycles. The first-order valence-corrected chi connectivity index (χ1v) is 7.14. The normalized spacial score (nSPS) is 13.8. The van der Waals surface area contributed by atoms with Crippen LogP contribution in [0.4, 0.5) is 0 Å². The largest absolute Gasteiger partial charge is 0.483 e. The molecule has 2 aromatic rings. The number of nitrogens with two attached hydrogens (primary N) is 1. The van der Waals surface area contributed by atoms with Crippen LogP contribution in [-0.2, 0) is 0 Å². The maximum atomic E-state index is 6.16. The van der Waals surface area contributed by atoms with E-state index in [2.05, 4.69) is 4.98 Å². The SMILES string of the molecule is CCC(N)C(Oc1ccc(Cl)cc1Cl)c1ccncc1. The average molecular weight is 311 g/mol. The van der Waals surface area contributed by atoms with Crippen LogP contribution in [0.2, 0.25) is 10.0 Å². The molecule has 3 nitrogen and oxygen atoms in total. The van der Waals surface area contributed by atoms with Crippen molar-refractivity contribution in [1.82, 2.24) is 4.98 Å². The van der Waals surface area contributed by atoms with E-state index in [1.54, 1.807) is 30.6 Å². The van der Waals surface area contributed by atoms with Crippen molar-refractivity contribution in [2.45, 2.75) is 25.5 Å². The van der Waals surface area contributed by atoms with Crippen LogP contribution >= 0.6 is 23.2 Å². The number of hydrogen-bond donors (Lipinski definition) is 1. The summed E-state index contributed by atoms with van der Waals surface area (Å²) in [6.07, 6.45) is 3.95. The van der Waals surface area contributed by atoms with Gasteiger partial charge in [0.05, 0.1) is 5.02 Å². The predicted molar refractivity (Wildman–Crippen MR) is 82.3 cm³/mol. The molecule has 0 aliphatic rings. The first-order valence-electron chi connectivity index (χ1n) is 6.39. The Labute approximate surface area is 128 Å². The molecule has 0 amide bonds. The second-order valence-corrected chi connectivity index (χ2v) is 5.31. The fourth-order valence-corrected chi connectivity index (χ4v) is 2.33. The van der Waals surface area contributed by atoms with Gasteiger partial charge in [0.15, 0.2) is 0 Å². The van der Waals surface area contributed by atoms with Crippen LogP contribution in [0.15, 0.2) is 42.7 Å². The molecule has 0 aliphatic carbocycles. The molecule has 0 fully saturated rings. The highest BCUT2D eigenvalue weighted by Gasteiger charge is 2.21. The van der Waals surface area contributed by atoms with Gasteiger partial charge in [0, 0.05) is 23.5 Å². The molecule has 1 aromatic carbocycles. The lowest BCUT2D eigenvalue weighted by Gasteiger charge is -2.25. The zero-order valence-corrected chi connectivity index (χ0v) is 12.6. The summed E-state index contributed by atoms with van der Waals surface area (Å²) < 4.78 is 6.00. The summed E-state index contributed by atoms with van der Waals surface area (Å²) >= 11 is 12.0. The number of nitrogens with zero attached hydrogens (tertiary/aromatic N) is 1. The minimum atomic E-state index is -0.276. The highest BCUT2D eigenvalue weighted by molar-refractivity contribution is 6.35. The Balaban J connectivity index is 2.29. The Morgan fingerprint density at radius 2 is 1.90 bits per heavy atom. The van der Waals surface area contributed by atoms with Gasteiger partial charge in [0.1, 0.15) is 11.9 Å². The highest BCUT2D eigenvalue weighted by Crippen LogP contribution is 2.32. The molecular weight excluding hydrogens is 295 g/mol. The van der Waals surface area contributed by atoms with Crippen LogP contribution in [0.5, 0.6) is 5.75 Å². The van der Waals surface area contributed by atoms with Gasteiger partial charge in [-0.1, -0.05) is 30.1 Å². The topological polar surface area (TPSA) is 48.1 Å². The zero-order chi connectivity index (χ0) is 14.5. The predicted octanol–water partition coefficient (Wildman–Crippen LogP) is 4.25. The molecule has 5 heteroatoms. The number of rotatable bonds is 5. The third kappa shape index (κ3) is 3.63. The van der Waals surface area contributed by atoms with Crippen LogP contribution in [0.1, 0.15) is 25.0 Å². The van der Waals surface area contributed by atoms with Gasteiger partial charge in [0.25, 0.3) is 0 Å². The molecule has 1 aromatic heterocycles. The van der Waals surface area contributed by atoms with E-state index in [0.29, 0.717) is 15.8 Å². The number of ether oxygens (including phenoxy) is 1. The molecule has 2 rings (SSSR count). The van der Waals surface area contributed by atoms with E-state index in [1.165, 1.54) is 0 Å². The van der Waals surface area contributed by atoms with Crippen molar-refractivity contribution in [3.63, 3.8) is 0 Å². The number of hydrogen-bond acceptors (Lipinski definition) is 3. The van der Waals surface area contributed by atoms with E-state index < -0.39 is 0 Å². The van der Waals surface area contributed by atoms with Crippen molar-refractivity contribution in [3.05, 3.63) is 58.3 Å². The summed E-state index contributed by atoms with van der Waals surface area (Å²) in [6, 6.07) is 8.79. The number of halogens is 2. The second kappa shape index (κ2) is 6.93. The van der Waals surface area contributed by atoms with E-state index >= 15 is 0 Å². The fourth-order valence-electron chi connectivity index (χ4n) is 1.88. The quantitative estimate of drug-likeness (QED) is 0.898. The standard InChI is InChI=1S/C15H16Cl2N2O/c1-2-13(18)15(10-5-7-19-8-6-10)20-14-4-3-11(16)9-12(14)17/h3-9,13,15H,2,18H2,1H3. The molecule has 106 valence electrons. The molecule has 0 spiro atoms. The monoisotopic (exact) mass is 310 g/mol. The number of pyridine rings is 1. The van der Waals surface area contributed by atoms with E-state index in [0.717, 1.165) is 12.0 Å². The first kappa shape index (κ1) is 15.1. The van der Waals surface area contributed by atoms with Gasteiger partial charge in [-0.2, -0.15) is 0 Å². The summed E-state index contributed by atoms with van der Waals surface area (Å²) in [4.78, 5) is 4.01. The lowest BCUT2D eigenvalue weighted by atomic mass is 10.0. The first-order chi connectivity index (χ1) is 9.61. The Morgan fingerprint density at radius 3 is 2.50 bits per heavy atom. The zero-order valence-electron chi connectivity index (χ0n) is 11.1. The fraction of sp³-hybridized carbons (Fsp3) is 0.267. The minimum Gasteiger partial charge on any atom is -0.483 e. The molecule has 0 saturated heterocycles. The summed E-state index contributed by atoms with van der Waals surface area (Å²) in [5.74, 6) is 0.571. The van der Waals surface area contributed by atoms with Crippen molar-refractivity contribution in [2.75, 3.05) is 0 Å². The molecule has 1 heterocycles. The third-order valence-corrected chi connectivity index (χ3v) is 3.57. The van der Waals surface area contributed by atoms with Crippen molar-refractivity contribution >= 4 is 23.2 Å². The summed E-state index contributed by atoms with van der Waals surface area (Å²) in [6.45, 7) is 2.02. The molecule has 2 N–H and O–H groups in total. The molecule has 0 radical (unpaired) electrons. The third-order valence-electron chi connectivity index (χ3n) is 3.04. The van der Waals surface area contributed by atoms with Crippen LogP contribution in [0.3, 0.4) is 0 Å². The lowest BCUT2D eigenvalue weighted by molar-refractivity contribution is 0.171. The van der Waals surface area contributed by atoms with Crippen molar-refractivity contribution in [3.8, 4) is 5.75 Å². The summed E-state index contributed by atoms with van der Waals surface area (Å²) in [5.41, 5.74) is 7.14. The molecule has 2 unspecified atom stereocenters. The smallest absolute Gasteiger partial charge is 0.139 e. The Bertz CT molecular complexity index is 563.